The van der Waals surface area contributed by atoms with Gasteiger partial charge in [0.2, 0.25) is 5.91 Å². The van der Waals surface area contributed by atoms with Gasteiger partial charge in [-0.1, -0.05) is 42.5 Å². The number of anilines is 1. The quantitative estimate of drug-likeness (QED) is 0.582. The van der Waals surface area contributed by atoms with E-state index < -0.39 is 0 Å². The van der Waals surface area contributed by atoms with Crippen molar-refractivity contribution in [3.8, 4) is 5.75 Å². The van der Waals surface area contributed by atoms with Crippen LogP contribution in [0.4, 0.5) is 5.69 Å². The van der Waals surface area contributed by atoms with Crippen LogP contribution in [0.2, 0.25) is 0 Å². The van der Waals surface area contributed by atoms with Crippen molar-refractivity contribution < 1.29 is 9.90 Å². The summed E-state index contributed by atoms with van der Waals surface area (Å²) in [5, 5.41) is 15.0. The van der Waals surface area contributed by atoms with Crippen LogP contribution in [0.1, 0.15) is 30.4 Å². The van der Waals surface area contributed by atoms with Crippen molar-refractivity contribution >= 4 is 22.4 Å². The first-order valence-corrected chi connectivity index (χ1v) is 9.90. The number of hydrogen-bond acceptors (Lipinski definition) is 3. The summed E-state index contributed by atoms with van der Waals surface area (Å²) in [5.41, 5.74) is 2.94. The first kappa shape index (κ1) is 18.5. The van der Waals surface area contributed by atoms with E-state index in [9.17, 15) is 9.90 Å². The number of rotatable bonds is 7. The number of fused-ring (bicyclic) bond motifs is 1. The van der Waals surface area contributed by atoms with Crippen LogP contribution in [-0.2, 0) is 11.3 Å². The van der Waals surface area contributed by atoms with Crippen LogP contribution in [0.15, 0.2) is 60.7 Å². The Hall–Kier alpha value is -2.85. The fraction of sp³-hybridized carbons (Fsp3) is 0.292. The molecule has 1 aliphatic carbocycles. The van der Waals surface area contributed by atoms with Gasteiger partial charge in [0.25, 0.3) is 0 Å². The average Bonchev–Trinajstić information content (AvgIpc) is 3.53. The van der Waals surface area contributed by atoms with Crippen molar-refractivity contribution in [3.05, 3.63) is 71.8 Å². The van der Waals surface area contributed by atoms with Crippen LogP contribution in [0.5, 0.6) is 5.75 Å². The lowest BCUT2D eigenvalue weighted by atomic mass is 10.0. The maximum Gasteiger partial charge on any atom is 0.225 e. The molecular weight excluding hydrogens is 348 g/mol. The number of nitrogens with zero attached hydrogens (tertiary/aromatic N) is 1. The molecule has 0 aliphatic heterocycles. The number of carbonyl (C=O) groups excluding carboxylic acids is 1. The Morgan fingerprint density at radius 1 is 1.11 bits per heavy atom. The molecule has 4 rings (SSSR count). The number of benzene rings is 3. The van der Waals surface area contributed by atoms with E-state index in [4.69, 9.17) is 0 Å². The minimum absolute atomic E-state index is 0.0114. The first-order valence-electron chi connectivity index (χ1n) is 9.90. The Balaban J connectivity index is 1.41. The lowest BCUT2D eigenvalue weighted by Gasteiger charge is -2.23. The zero-order chi connectivity index (χ0) is 19.5. The smallest absolute Gasteiger partial charge is 0.225 e. The van der Waals surface area contributed by atoms with Gasteiger partial charge in [-0.15, -0.1) is 0 Å². The summed E-state index contributed by atoms with van der Waals surface area (Å²) in [6.07, 6.45) is 2.88. The van der Waals surface area contributed by atoms with Gasteiger partial charge < -0.3 is 10.4 Å². The molecule has 0 saturated heterocycles. The number of amides is 1. The summed E-state index contributed by atoms with van der Waals surface area (Å²) in [6, 6.07) is 20.5. The van der Waals surface area contributed by atoms with E-state index >= 15 is 0 Å². The van der Waals surface area contributed by atoms with Gasteiger partial charge >= 0.3 is 0 Å². The number of hydrogen-bond donors (Lipinski definition) is 2. The summed E-state index contributed by atoms with van der Waals surface area (Å²) < 4.78 is 0. The summed E-state index contributed by atoms with van der Waals surface area (Å²) in [5.74, 6) is 0.225. The van der Waals surface area contributed by atoms with Gasteiger partial charge in [-0.3, -0.25) is 9.69 Å². The first-order chi connectivity index (χ1) is 13.6. The highest BCUT2D eigenvalue weighted by Gasteiger charge is 2.29. The van der Waals surface area contributed by atoms with Crippen LogP contribution < -0.4 is 5.32 Å². The molecule has 0 unspecified atom stereocenters. The maximum absolute atomic E-state index is 12.5. The summed E-state index contributed by atoms with van der Waals surface area (Å²) >= 11 is 0. The van der Waals surface area contributed by atoms with Crippen LogP contribution in [0.3, 0.4) is 0 Å². The third-order valence-corrected chi connectivity index (χ3v) is 5.43. The standard InChI is InChI=1S/C24H26N2O2/c1-17-15-21(27)11-12-23(17)25-24(28)13-14-26(20-9-10-20)16-19-7-4-6-18-5-2-3-8-22(18)19/h2-8,11-12,15,20,27H,9-10,13-14,16H2,1H3,(H,25,28). The Morgan fingerprint density at radius 2 is 1.89 bits per heavy atom. The van der Waals surface area contributed by atoms with Crippen LogP contribution in [0.25, 0.3) is 10.8 Å². The van der Waals surface area contributed by atoms with Crippen LogP contribution in [-0.4, -0.2) is 28.5 Å². The number of nitrogens with one attached hydrogen (secondary N) is 1. The van der Waals surface area contributed by atoms with Gasteiger partial charge in [0, 0.05) is 31.2 Å². The average molecular weight is 374 g/mol. The van der Waals surface area contributed by atoms with Gasteiger partial charge in [0.05, 0.1) is 0 Å². The van der Waals surface area contributed by atoms with E-state index in [1.807, 2.05) is 6.92 Å². The van der Waals surface area contributed by atoms with Crippen molar-refractivity contribution in [1.82, 2.24) is 4.90 Å². The highest BCUT2D eigenvalue weighted by atomic mass is 16.3. The molecular formula is C24H26N2O2. The molecule has 2 N–H and O–H groups in total. The van der Waals surface area contributed by atoms with Gasteiger partial charge in [-0.25, -0.2) is 0 Å². The molecule has 3 aromatic carbocycles. The second-order valence-corrected chi connectivity index (χ2v) is 7.64. The van der Waals surface area contributed by atoms with Crippen molar-refractivity contribution in [1.29, 1.82) is 0 Å². The molecule has 1 fully saturated rings. The van der Waals surface area contributed by atoms with E-state index in [0.717, 1.165) is 24.3 Å². The number of aromatic hydroxyl groups is 1. The van der Waals surface area contributed by atoms with E-state index in [1.54, 1.807) is 18.2 Å². The third-order valence-electron chi connectivity index (χ3n) is 5.43. The minimum atomic E-state index is 0.0114. The molecule has 0 radical (unpaired) electrons. The second kappa shape index (κ2) is 8.03. The largest absolute Gasteiger partial charge is 0.508 e. The normalized spacial score (nSPS) is 13.8. The Labute approximate surface area is 165 Å². The highest BCUT2D eigenvalue weighted by Crippen LogP contribution is 2.30. The van der Waals surface area contributed by atoms with E-state index in [0.29, 0.717) is 12.5 Å². The Bertz CT molecular complexity index is 990. The van der Waals surface area contributed by atoms with Crippen LogP contribution >= 0.6 is 0 Å². The van der Waals surface area contributed by atoms with Gasteiger partial charge in [0.1, 0.15) is 5.75 Å². The van der Waals surface area contributed by atoms with Gasteiger partial charge in [-0.2, -0.15) is 0 Å². The molecule has 0 spiro atoms. The molecule has 1 saturated carbocycles. The summed E-state index contributed by atoms with van der Waals surface area (Å²) in [6.45, 7) is 3.50. The Kier molecular flexibility index (Phi) is 5.31. The van der Waals surface area contributed by atoms with Gasteiger partial charge in [-0.05, 0) is 59.9 Å². The van der Waals surface area contributed by atoms with Gasteiger partial charge in [0.15, 0.2) is 0 Å². The van der Waals surface area contributed by atoms with Crippen molar-refractivity contribution in [2.24, 2.45) is 0 Å². The Morgan fingerprint density at radius 3 is 2.68 bits per heavy atom. The zero-order valence-electron chi connectivity index (χ0n) is 16.2. The molecule has 4 heteroatoms. The molecule has 0 heterocycles. The van der Waals surface area contributed by atoms with Crippen molar-refractivity contribution in [2.45, 2.75) is 38.8 Å². The van der Waals surface area contributed by atoms with Crippen LogP contribution in [0, 0.1) is 6.92 Å². The third kappa shape index (κ3) is 4.34. The minimum Gasteiger partial charge on any atom is -0.508 e. The molecule has 0 bridgehead atoms. The number of carbonyl (C=O) groups is 1. The SMILES string of the molecule is Cc1cc(O)ccc1NC(=O)CCN(Cc1cccc2ccccc12)C1CC1. The van der Waals surface area contributed by atoms with E-state index in [1.165, 1.54) is 29.2 Å². The number of phenolic OH excluding ortho intramolecular Hbond substituents is 1. The lowest BCUT2D eigenvalue weighted by molar-refractivity contribution is -0.116. The van der Waals surface area contributed by atoms with E-state index in [-0.39, 0.29) is 11.7 Å². The summed E-state index contributed by atoms with van der Waals surface area (Å²) in [7, 11) is 0. The maximum atomic E-state index is 12.5. The molecule has 0 atom stereocenters. The topological polar surface area (TPSA) is 52.6 Å². The lowest BCUT2D eigenvalue weighted by Crippen LogP contribution is -2.29. The summed E-state index contributed by atoms with van der Waals surface area (Å²) in [4.78, 5) is 14.9. The van der Waals surface area contributed by atoms with Crippen molar-refractivity contribution in [2.75, 3.05) is 11.9 Å². The predicted molar refractivity (Wildman–Crippen MR) is 113 cm³/mol. The molecule has 0 aromatic heterocycles. The predicted octanol–water partition coefficient (Wildman–Crippen LogP) is 4.85. The fourth-order valence-electron chi connectivity index (χ4n) is 3.73. The zero-order valence-corrected chi connectivity index (χ0v) is 16.2. The molecule has 1 amide bonds. The number of phenols is 1. The fourth-order valence-corrected chi connectivity index (χ4v) is 3.73. The molecule has 3 aromatic rings. The monoisotopic (exact) mass is 374 g/mol. The van der Waals surface area contributed by atoms with Crippen molar-refractivity contribution in [3.63, 3.8) is 0 Å². The number of aryl methyl sites for hydroxylation is 1. The molecule has 4 nitrogen and oxygen atoms in total. The van der Waals surface area contributed by atoms with E-state index in [2.05, 4.69) is 52.7 Å². The highest BCUT2D eigenvalue weighted by molar-refractivity contribution is 5.91. The molecule has 28 heavy (non-hydrogen) atoms. The molecule has 144 valence electrons. The second-order valence-electron chi connectivity index (χ2n) is 7.64. The molecule has 1 aliphatic rings.